The highest BCUT2D eigenvalue weighted by Crippen LogP contribution is 2.40. The Morgan fingerprint density at radius 2 is 2.05 bits per heavy atom. The van der Waals surface area contributed by atoms with Crippen LogP contribution in [0.1, 0.15) is 27.1 Å². The first kappa shape index (κ1) is 14.7. The molecule has 2 aliphatic rings. The minimum atomic E-state index is -1.60. The Bertz CT molecular complexity index is 704. The zero-order valence-electron chi connectivity index (χ0n) is 11.7. The van der Waals surface area contributed by atoms with Crippen LogP contribution in [0.5, 0.6) is 11.5 Å². The summed E-state index contributed by atoms with van der Waals surface area (Å²) in [5.74, 6) is -1.29. The number of carbonyl (C=O) groups is 2. The molecular formula is C15H14O7. The number of aromatic hydroxyl groups is 1. The van der Waals surface area contributed by atoms with Crippen LogP contribution >= 0.6 is 0 Å². The number of ketones is 2. The molecule has 116 valence electrons. The molecule has 0 saturated carbocycles. The van der Waals surface area contributed by atoms with Crippen LogP contribution in [-0.4, -0.2) is 53.0 Å². The van der Waals surface area contributed by atoms with Crippen molar-refractivity contribution in [1.29, 1.82) is 0 Å². The minimum Gasteiger partial charge on any atom is -0.507 e. The van der Waals surface area contributed by atoms with Gasteiger partial charge < -0.3 is 24.8 Å². The molecule has 1 aromatic carbocycles. The maximum absolute atomic E-state index is 12.6. The Balaban J connectivity index is 2.18. The summed E-state index contributed by atoms with van der Waals surface area (Å²) in [6, 6.07) is 2.59. The van der Waals surface area contributed by atoms with Gasteiger partial charge in [0.25, 0.3) is 0 Å². The van der Waals surface area contributed by atoms with Crippen molar-refractivity contribution in [2.75, 3.05) is 13.7 Å². The maximum atomic E-state index is 12.6. The summed E-state index contributed by atoms with van der Waals surface area (Å²) in [5.41, 5.74) is -0.230. The molecule has 2 unspecified atom stereocenters. The zero-order chi connectivity index (χ0) is 16.0. The lowest BCUT2D eigenvalue weighted by Crippen LogP contribution is -2.39. The molecule has 22 heavy (non-hydrogen) atoms. The van der Waals surface area contributed by atoms with Crippen molar-refractivity contribution >= 4 is 11.6 Å². The molecule has 0 fully saturated rings. The molecular weight excluding hydrogens is 292 g/mol. The number of ether oxygens (including phenoxy) is 2. The van der Waals surface area contributed by atoms with Gasteiger partial charge in [0.15, 0.2) is 17.9 Å². The number of Topliss-reactive ketones (excluding diaryl/α,β-unsaturated/α-hetero) is 2. The quantitative estimate of drug-likeness (QED) is 0.714. The standard InChI is InChI=1S/C15H14O7/c1-21-6-2-8-11(10(17)4-6)14(19)12-9(13(8)18)3-7(5-16)22-15(12)20/h2,4,7,15-17,20H,3,5H2,1H3. The molecule has 0 amide bonds. The SMILES string of the molecule is COc1cc(O)c2c(c1)C(=O)C1=C(C2=O)C(O)OC(CO)C1. The first-order chi connectivity index (χ1) is 10.5. The summed E-state index contributed by atoms with van der Waals surface area (Å²) in [6.45, 7) is -0.383. The molecule has 3 N–H and O–H groups in total. The van der Waals surface area contributed by atoms with E-state index in [-0.39, 0.29) is 41.1 Å². The van der Waals surface area contributed by atoms with Gasteiger partial charge in [-0.2, -0.15) is 0 Å². The smallest absolute Gasteiger partial charge is 0.198 e. The predicted molar refractivity (Wildman–Crippen MR) is 72.9 cm³/mol. The average molecular weight is 306 g/mol. The van der Waals surface area contributed by atoms with Gasteiger partial charge in [-0.25, -0.2) is 0 Å². The topological polar surface area (TPSA) is 113 Å². The van der Waals surface area contributed by atoms with Gasteiger partial charge >= 0.3 is 0 Å². The lowest BCUT2D eigenvalue weighted by atomic mass is 9.80. The highest BCUT2D eigenvalue weighted by atomic mass is 16.6. The van der Waals surface area contributed by atoms with Crippen LogP contribution in [-0.2, 0) is 4.74 Å². The van der Waals surface area contributed by atoms with Gasteiger partial charge in [0.1, 0.15) is 11.5 Å². The van der Waals surface area contributed by atoms with Crippen LogP contribution in [0.2, 0.25) is 0 Å². The number of rotatable bonds is 2. The van der Waals surface area contributed by atoms with Gasteiger partial charge in [0.2, 0.25) is 0 Å². The number of carbonyl (C=O) groups excluding carboxylic acids is 2. The molecule has 0 saturated heterocycles. The monoisotopic (exact) mass is 306 g/mol. The number of hydrogen-bond donors (Lipinski definition) is 3. The predicted octanol–water partition coefficient (Wildman–Crippen LogP) is 0.176. The Labute approximate surface area is 125 Å². The molecule has 1 aromatic rings. The molecule has 7 heteroatoms. The normalized spacial score (nSPS) is 24.1. The van der Waals surface area contributed by atoms with Crippen LogP contribution < -0.4 is 4.74 Å². The number of methoxy groups -OCH3 is 1. The molecule has 1 aliphatic carbocycles. The van der Waals surface area contributed by atoms with Crippen molar-refractivity contribution in [1.82, 2.24) is 0 Å². The number of phenolic OH excluding ortho intramolecular Hbond substituents is 1. The van der Waals surface area contributed by atoms with E-state index in [1.807, 2.05) is 0 Å². The number of aliphatic hydroxyl groups excluding tert-OH is 2. The number of phenols is 1. The second kappa shape index (κ2) is 5.20. The van der Waals surface area contributed by atoms with E-state index in [1.54, 1.807) is 0 Å². The third-order valence-electron chi connectivity index (χ3n) is 3.85. The maximum Gasteiger partial charge on any atom is 0.198 e. The Kier molecular flexibility index (Phi) is 3.48. The summed E-state index contributed by atoms with van der Waals surface area (Å²) in [6.07, 6.45) is -2.34. The third kappa shape index (κ3) is 2.02. The van der Waals surface area contributed by atoms with E-state index in [1.165, 1.54) is 19.2 Å². The van der Waals surface area contributed by atoms with Crippen molar-refractivity contribution in [3.63, 3.8) is 0 Å². The van der Waals surface area contributed by atoms with E-state index >= 15 is 0 Å². The van der Waals surface area contributed by atoms with E-state index in [0.29, 0.717) is 0 Å². The van der Waals surface area contributed by atoms with Crippen molar-refractivity contribution in [3.8, 4) is 11.5 Å². The summed E-state index contributed by atoms with van der Waals surface area (Å²) < 4.78 is 10.1. The zero-order valence-corrected chi connectivity index (χ0v) is 11.7. The highest BCUT2D eigenvalue weighted by Gasteiger charge is 2.42. The van der Waals surface area contributed by atoms with Crippen molar-refractivity contribution in [2.24, 2.45) is 0 Å². The van der Waals surface area contributed by atoms with Crippen LogP contribution in [0.4, 0.5) is 0 Å². The van der Waals surface area contributed by atoms with Gasteiger partial charge in [-0.15, -0.1) is 0 Å². The van der Waals surface area contributed by atoms with Crippen LogP contribution in [0, 0.1) is 0 Å². The molecule has 7 nitrogen and oxygen atoms in total. The molecule has 3 rings (SSSR count). The lowest BCUT2D eigenvalue weighted by Gasteiger charge is -2.32. The molecule has 0 bridgehead atoms. The van der Waals surface area contributed by atoms with Crippen molar-refractivity contribution in [3.05, 3.63) is 34.4 Å². The average Bonchev–Trinajstić information content (AvgIpc) is 2.50. The number of aliphatic hydroxyl groups is 2. The Morgan fingerprint density at radius 3 is 2.68 bits per heavy atom. The second-order valence-electron chi connectivity index (χ2n) is 5.12. The van der Waals surface area contributed by atoms with E-state index in [9.17, 15) is 19.8 Å². The van der Waals surface area contributed by atoms with Crippen molar-refractivity contribution in [2.45, 2.75) is 18.8 Å². The first-order valence-corrected chi connectivity index (χ1v) is 6.65. The number of fused-ring (bicyclic) bond motifs is 1. The van der Waals surface area contributed by atoms with E-state index in [2.05, 4.69) is 0 Å². The number of hydrogen-bond acceptors (Lipinski definition) is 7. The van der Waals surface area contributed by atoms with Gasteiger partial charge in [-0.05, 0) is 6.07 Å². The third-order valence-corrected chi connectivity index (χ3v) is 3.85. The summed E-state index contributed by atoms with van der Waals surface area (Å²) >= 11 is 0. The molecule has 1 heterocycles. The first-order valence-electron chi connectivity index (χ1n) is 6.65. The number of benzene rings is 1. The highest BCUT2D eigenvalue weighted by molar-refractivity contribution is 6.28. The minimum absolute atomic E-state index is 0.0187. The molecule has 0 radical (unpaired) electrons. The molecule has 1 aliphatic heterocycles. The second-order valence-corrected chi connectivity index (χ2v) is 5.12. The van der Waals surface area contributed by atoms with Gasteiger partial charge in [-0.1, -0.05) is 0 Å². The van der Waals surface area contributed by atoms with Crippen LogP contribution in [0.3, 0.4) is 0 Å². The van der Waals surface area contributed by atoms with Crippen molar-refractivity contribution < 1.29 is 34.4 Å². The van der Waals surface area contributed by atoms with Gasteiger partial charge in [0.05, 0.1) is 31.0 Å². The molecule has 2 atom stereocenters. The summed E-state index contributed by atoms with van der Waals surface area (Å²) in [5, 5.41) is 29.1. The van der Waals surface area contributed by atoms with E-state index in [4.69, 9.17) is 14.6 Å². The van der Waals surface area contributed by atoms with Gasteiger partial charge in [0, 0.05) is 23.6 Å². The lowest BCUT2D eigenvalue weighted by molar-refractivity contribution is -0.130. The molecule has 0 spiro atoms. The largest absolute Gasteiger partial charge is 0.507 e. The van der Waals surface area contributed by atoms with Crippen LogP contribution in [0.25, 0.3) is 0 Å². The van der Waals surface area contributed by atoms with E-state index in [0.717, 1.165) is 0 Å². The fourth-order valence-corrected chi connectivity index (χ4v) is 2.79. The molecule has 0 aromatic heterocycles. The Morgan fingerprint density at radius 1 is 1.32 bits per heavy atom. The van der Waals surface area contributed by atoms with Crippen LogP contribution in [0.15, 0.2) is 23.3 Å². The van der Waals surface area contributed by atoms with Gasteiger partial charge in [-0.3, -0.25) is 9.59 Å². The summed E-state index contributed by atoms with van der Waals surface area (Å²) in [7, 11) is 1.38. The van der Waals surface area contributed by atoms with E-state index < -0.39 is 29.7 Å². The summed E-state index contributed by atoms with van der Waals surface area (Å²) in [4.78, 5) is 25.1. The Hall–Kier alpha value is -2.22. The fraction of sp³-hybridized carbons (Fsp3) is 0.333. The fourth-order valence-electron chi connectivity index (χ4n) is 2.79.